The molecule has 0 heterocycles. The lowest BCUT2D eigenvalue weighted by Crippen LogP contribution is -2.47. The molecule has 2 aromatic rings. The van der Waals surface area contributed by atoms with Gasteiger partial charge in [0.15, 0.2) is 0 Å². The number of carbonyl (C=O) groups is 3. The second-order valence-electron chi connectivity index (χ2n) is 13.5. The number of anilines is 1. The summed E-state index contributed by atoms with van der Waals surface area (Å²) < 4.78 is 10.7. The van der Waals surface area contributed by atoms with Crippen LogP contribution in [0.3, 0.4) is 0 Å². The van der Waals surface area contributed by atoms with Crippen molar-refractivity contribution in [3.05, 3.63) is 65.2 Å². The first-order valence-corrected chi connectivity index (χ1v) is 15.8. The summed E-state index contributed by atoms with van der Waals surface area (Å²) in [6.07, 6.45) is 2.22. The third-order valence-electron chi connectivity index (χ3n) is 7.18. The van der Waals surface area contributed by atoms with Crippen molar-refractivity contribution >= 4 is 41.5 Å². The highest BCUT2D eigenvalue weighted by molar-refractivity contribution is 6.30. The first-order valence-electron chi connectivity index (χ1n) is 15.4. The van der Waals surface area contributed by atoms with Gasteiger partial charge in [0.05, 0.1) is 0 Å². The molecule has 10 nitrogen and oxygen atoms in total. The van der Waals surface area contributed by atoms with Crippen molar-refractivity contribution in [3.8, 4) is 0 Å². The number of hydrogen-bond acceptors (Lipinski definition) is 6. The molecule has 2 N–H and O–H groups in total. The summed E-state index contributed by atoms with van der Waals surface area (Å²) in [5.74, 6) is 0.568. The molecule has 4 amide bonds. The number of aliphatic imine (C=N–C) groups is 1. The predicted octanol–water partition coefficient (Wildman–Crippen LogP) is 7.61. The van der Waals surface area contributed by atoms with Gasteiger partial charge in [-0.15, -0.1) is 0 Å². The van der Waals surface area contributed by atoms with Crippen LogP contribution >= 0.6 is 11.6 Å². The quantitative estimate of drug-likeness (QED) is 0.239. The van der Waals surface area contributed by atoms with E-state index in [0.717, 1.165) is 36.9 Å². The molecule has 1 fully saturated rings. The van der Waals surface area contributed by atoms with Gasteiger partial charge < -0.3 is 14.4 Å². The topological polar surface area (TPSA) is 113 Å². The second-order valence-corrected chi connectivity index (χ2v) is 14.0. The van der Waals surface area contributed by atoms with Gasteiger partial charge in [-0.25, -0.2) is 14.4 Å². The Morgan fingerprint density at radius 2 is 1.33 bits per heavy atom. The minimum atomic E-state index is -0.716. The first-order chi connectivity index (χ1) is 21.1. The summed E-state index contributed by atoms with van der Waals surface area (Å²) in [6.45, 7) is 12.1. The van der Waals surface area contributed by atoms with E-state index < -0.39 is 23.4 Å². The first kappa shape index (κ1) is 35.7. The van der Waals surface area contributed by atoms with E-state index in [9.17, 15) is 14.4 Å². The van der Waals surface area contributed by atoms with Crippen LogP contribution in [0, 0.1) is 11.8 Å². The van der Waals surface area contributed by atoms with Crippen LogP contribution in [0.4, 0.5) is 20.1 Å². The number of hydrogen-bond donors (Lipinski definition) is 2. The van der Waals surface area contributed by atoms with E-state index in [1.54, 1.807) is 53.5 Å². The number of carbonyl (C=O) groups excluding carboxylic acids is 3. The van der Waals surface area contributed by atoms with Crippen molar-refractivity contribution < 1.29 is 23.9 Å². The number of alkyl carbamates (subject to hydrolysis) is 2. The molecule has 246 valence electrons. The van der Waals surface area contributed by atoms with Crippen LogP contribution in [0.2, 0.25) is 5.02 Å². The highest BCUT2D eigenvalue weighted by atomic mass is 35.5. The van der Waals surface area contributed by atoms with Gasteiger partial charge in [-0.3, -0.25) is 20.5 Å². The molecule has 45 heavy (non-hydrogen) atoms. The molecular weight excluding hydrogens is 594 g/mol. The van der Waals surface area contributed by atoms with E-state index in [1.807, 2.05) is 59.5 Å². The Labute approximate surface area is 272 Å². The van der Waals surface area contributed by atoms with Gasteiger partial charge in [0, 0.05) is 37.4 Å². The van der Waals surface area contributed by atoms with Crippen molar-refractivity contribution in [3.63, 3.8) is 0 Å². The van der Waals surface area contributed by atoms with E-state index >= 15 is 0 Å². The average molecular weight is 642 g/mol. The van der Waals surface area contributed by atoms with Crippen molar-refractivity contribution in [2.75, 3.05) is 25.0 Å². The maximum Gasteiger partial charge on any atom is 0.414 e. The smallest absolute Gasteiger partial charge is 0.414 e. The summed E-state index contributed by atoms with van der Waals surface area (Å²) in [5.41, 5.74) is 0.428. The molecule has 0 saturated heterocycles. The number of amides is 4. The van der Waals surface area contributed by atoms with Crippen molar-refractivity contribution in [1.82, 2.24) is 15.5 Å². The van der Waals surface area contributed by atoms with Crippen LogP contribution in [0.5, 0.6) is 0 Å². The number of rotatable bonds is 7. The number of benzene rings is 2. The van der Waals surface area contributed by atoms with Crippen molar-refractivity contribution in [1.29, 1.82) is 0 Å². The molecule has 0 unspecified atom stereocenters. The third-order valence-corrected chi connectivity index (χ3v) is 7.43. The predicted molar refractivity (Wildman–Crippen MR) is 179 cm³/mol. The number of ether oxygens (including phenoxy) is 2. The van der Waals surface area contributed by atoms with Crippen LogP contribution in [0.25, 0.3) is 0 Å². The summed E-state index contributed by atoms with van der Waals surface area (Å²) in [5, 5.41) is 5.75. The molecule has 0 radical (unpaired) electrons. The molecule has 3 rings (SSSR count). The van der Waals surface area contributed by atoms with Gasteiger partial charge in [0.25, 0.3) is 0 Å². The van der Waals surface area contributed by atoms with Crippen LogP contribution < -0.4 is 15.5 Å². The minimum absolute atomic E-state index is 0.00990. The Morgan fingerprint density at radius 3 is 1.84 bits per heavy atom. The Hall–Kier alpha value is -3.79. The fourth-order valence-corrected chi connectivity index (χ4v) is 5.16. The molecule has 2 aromatic carbocycles. The van der Waals surface area contributed by atoms with Gasteiger partial charge in [-0.05, 0) is 109 Å². The number of urea groups is 1. The standard InChI is InChI=1S/C34H48ClN5O5/c1-33(2,3)44-30(41)37-29(38-31(42)45-34(4,5)6)36-21-24-13-15-25(16-14-24)22-40(23-26-17-19-27(35)20-18-26)32(43)39(7)28-11-9-8-10-12-28/h8-12,17-20,24-25H,13-16,21-23H2,1-7H3,(H2,36,37,38,41,42). The minimum Gasteiger partial charge on any atom is -0.444 e. The zero-order valence-electron chi connectivity index (χ0n) is 27.6. The van der Waals surface area contributed by atoms with Gasteiger partial charge in [0.1, 0.15) is 11.2 Å². The fraction of sp³-hybridized carbons (Fsp3) is 0.529. The van der Waals surface area contributed by atoms with Crippen molar-refractivity contribution in [2.24, 2.45) is 16.8 Å². The zero-order chi connectivity index (χ0) is 33.2. The number of nitrogens with zero attached hydrogens (tertiary/aromatic N) is 3. The number of para-hydroxylation sites is 1. The molecule has 1 saturated carbocycles. The van der Waals surface area contributed by atoms with Crippen LogP contribution in [-0.2, 0) is 16.0 Å². The average Bonchev–Trinajstić information content (AvgIpc) is 2.95. The van der Waals surface area contributed by atoms with E-state index in [-0.39, 0.29) is 17.9 Å². The van der Waals surface area contributed by atoms with Crippen LogP contribution in [0.1, 0.15) is 72.8 Å². The van der Waals surface area contributed by atoms with E-state index in [0.29, 0.717) is 30.6 Å². The Bertz CT molecular complexity index is 1260. The zero-order valence-corrected chi connectivity index (χ0v) is 28.3. The molecule has 0 aromatic heterocycles. The highest BCUT2D eigenvalue weighted by Gasteiger charge is 2.28. The lowest BCUT2D eigenvalue weighted by Gasteiger charge is -2.34. The molecule has 1 aliphatic rings. The van der Waals surface area contributed by atoms with Gasteiger partial charge in [-0.2, -0.15) is 0 Å². The van der Waals surface area contributed by atoms with E-state index in [1.165, 1.54) is 0 Å². The normalized spacial score (nSPS) is 16.6. The van der Waals surface area contributed by atoms with E-state index in [4.69, 9.17) is 21.1 Å². The largest absolute Gasteiger partial charge is 0.444 e. The summed E-state index contributed by atoms with van der Waals surface area (Å²) in [6, 6.07) is 17.2. The van der Waals surface area contributed by atoms with E-state index in [2.05, 4.69) is 15.6 Å². The Balaban J connectivity index is 1.64. The monoisotopic (exact) mass is 641 g/mol. The molecule has 0 atom stereocenters. The molecule has 11 heteroatoms. The van der Waals surface area contributed by atoms with Gasteiger partial charge >= 0.3 is 18.2 Å². The number of halogens is 1. The van der Waals surface area contributed by atoms with Crippen LogP contribution in [0.15, 0.2) is 59.6 Å². The van der Waals surface area contributed by atoms with Crippen molar-refractivity contribution in [2.45, 2.75) is 85.0 Å². The number of nitrogens with one attached hydrogen (secondary N) is 2. The summed E-state index contributed by atoms with van der Waals surface area (Å²) >= 11 is 6.10. The molecular formula is C34H48ClN5O5. The maximum atomic E-state index is 13.7. The SMILES string of the molecule is CN(C(=O)N(Cc1ccc(Cl)cc1)CC1CCC(CN=C(NC(=O)OC(C)(C)C)NC(=O)OC(C)(C)C)CC1)c1ccccc1. The highest BCUT2D eigenvalue weighted by Crippen LogP contribution is 2.30. The molecule has 0 bridgehead atoms. The van der Waals surface area contributed by atoms with Crippen LogP contribution in [-0.4, -0.2) is 60.4 Å². The lowest BCUT2D eigenvalue weighted by atomic mass is 9.82. The second kappa shape index (κ2) is 16.0. The third kappa shape index (κ3) is 13.0. The molecule has 1 aliphatic carbocycles. The fourth-order valence-electron chi connectivity index (χ4n) is 5.03. The Kier molecular flexibility index (Phi) is 12.7. The van der Waals surface area contributed by atoms with Gasteiger partial charge in [0.2, 0.25) is 5.96 Å². The summed E-state index contributed by atoms with van der Waals surface area (Å²) in [7, 11) is 1.80. The summed E-state index contributed by atoms with van der Waals surface area (Å²) in [4.78, 5) is 46.7. The number of guanidine groups is 1. The van der Waals surface area contributed by atoms with Gasteiger partial charge in [-0.1, -0.05) is 41.9 Å². The maximum absolute atomic E-state index is 13.7. The molecule has 0 aliphatic heterocycles. The lowest BCUT2D eigenvalue weighted by molar-refractivity contribution is 0.0544. The Morgan fingerprint density at radius 1 is 0.822 bits per heavy atom. The molecule has 0 spiro atoms.